The van der Waals surface area contributed by atoms with Crippen molar-refractivity contribution in [2.24, 2.45) is 18.7 Å². The van der Waals surface area contributed by atoms with E-state index in [0.717, 1.165) is 71.4 Å². The van der Waals surface area contributed by atoms with Crippen LogP contribution < -0.4 is 11.1 Å². The van der Waals surface area contributed by atoms with Gasteiger partial charge in [0.2, 0.25) is 0 Å². The maximum absolute atomic E-state index is 13.3. The minimum atomic E-state index is -0.833. The zero-order valence-electron chi connectivity index (χ0n) is 21.0. The van der Waals surface area contributed by atoms with Crippen molar-refractivity contribution in [3.05, 3.63) is 71.5 Å². The summed E-state index contributed by atoms with van der Waals surface area (Å²) < 4.78 is 4.35. The lowest BCUT2D eigenvalue weighted by Crippen LogP contribution is -2.23. The molecule has 0 bridgehead atoms. The summed E-state index contributed by atoms with van der Waals surface area (Å²) in [5, 5.41) is 12.0. The molecule has 0 spiro atoms. The number of carboxylic acids is 1. The van der Waals surface area contributed by atoms with Crippen molar-refractivity contribution < 1.29 is 19.5 Å². The first-order valence-electron chi connectivity index (χ1n) is 12.5. The highest BCUT2D eigenvalue weighted by Gasteiger charge is 2.37. The van der Waals surface area contributed by atoms with Crippen molar-refractivity contribution in [1.29, 1.82) is 0 Å². The van der Waals surface area contributed by atoms with Gasteiger partial charge in [-0.15, -0.1) is 0 Å². The van der Waals surface area contributed by atoms with Crippen LogP contribution >= 0.6 is 0 Å². The molecule has 8 nitrogen and oxygen atoms in total. The first-order valence-corrected chi connectivity index (χ1v) is 12.5. The van der Waals surface area contributed by atoms with Crippen LogP contribution in [0, 0.1) is 5.92 Å². The van der Waals surface area contributed by atoms with Crippen molar-refractivity contribution in [3.8, 4) is 0 Å². The molecule has 8 heteroatoms. The summed E-state index contributed by atoms with van der Waals surface area (Å²) in [6.07, 6.45) is 4.87. The molecular weight excluding hydrogens is 468 g/mol. The molecule has 0 radical (unpaired) electrons. The van der Waals surface area contributed by atoms with Crippen LogP contribution in [0.2, 0.25) is 0 Å². The van der Waals surface area contributed by atoms with Gasteiger partial charge in [-0.05, 0) is 43.9 Å². The molecule has 2 aliphatic rings. The SMILES string of the molecule is CC(=O)O.Cn1cc(C2=C(c3c4n(c5ccccc35)CCCC(CN)C4)C(=O)NC2=O)c2ccccc21. The normalized spacial score (nSPS) is 17.4. The molecular formula is C29H30N4O4. The summed E-state index contributed by atoms with van der Waals surface area (Å²) in [6, 6.07) is 16.2. The van der Waals surface area contributed by atoms with Gasteiger partial charge in [-0.2, -0.15) is 0 Å². The third-order valence-electron chi connectivity index (χ3n) is 7.24. The highest BCUT2D eigenvalue weighted by Crippen LogP contribution is 2.42. The number of amides is 2. The molecule has 2 aromatic carbocycles. The highest BCUT2D eigenvalue weighted by atomic mass is 16.4. The molecule has 1 atom stereocenters. The fourth-order valence-corrected chi connectivity index (χ4v) is 5.71. The number of imide groups is 1. The smallest absolute Gasteiger partial charge is 0.300 e. The van der Waals surface area contributed by atoms with E-state index in [1.54, 1.807) is 0 Å². The summed E-state index contributed by atoms with van der Waals surface area (Å²) in [5.41, 5.74) is 12.0. The molecule has 4 heterocycles. The molecule has 2 amide bonds. The van der Waals surface area contributed by atoms with E-state index in [-0.39, 0.29) is 11.8 Å². The van der Waals surface area contributed by atoms with Gasteiger partial charge in [-0.25, -0.2) is 0 Å². The number of para-hydroxylation sites is 2. The average molecular weight is 499 g/mol. The van der Waals surface area contributed by atoms with E-state index in [9.17, 15) is 9.59 Å². The third kappa shape index (κ3) is 4.23. The van der Waals surface area contributed by atoms with Crippen molar-refractivity contribution in [3.63, 3.8) is 0 Å². The summed E-state index contributed by atoms with van der Waals surface area (Å²) in [7, 11) is 1.96. The minimum absolute atomic E-state index is 0.323. The Morgan fingerprint density at radius 2 is 1.65 bits per heavy atom. The number of nitrogens with zero attached hydrogens (tertiary/aromatic N) is 2. The number of fused-ring (bicyclic) bond motifs is 4. The summed E-state index contributed by atoms with van der Waals surface area (Å²) >= 11 is 0. The predicted octanol–water partition coefficient (Wildman–Crippen LogP) is 3.70. The highest BCUT2D eigenvalue weighted by molar-refractivity contribution is 6.51. The number of benzene rings is 2. The number of carbonyl (C=O) groups is 3. The second-order valence-corrected chi connectivity index (χ2v) is 9.66. The average Bonchev–Trinajstić information content (AvgIpc) is 3.38. The Hall–Kier alpha value is -4.17. The second kappa shape index (κ2) is 9.71. The molecule has 4 aromatic rings. The first kappa shape index (κ1) is 24.5. The zero-order valence-corrected chi connectivity index (χ0v) is 21.0. The first-order chi connectivity index (χ1) is 17.8. The lowest BCUT2D eigenvalue weighted by atomic mass is 9.90. The van der Waals surface area contributed by atoms with Gasteiger partial charge >= 0.3 is 0 Å². The number of nitrogens with one attached hydrogen (secondary N) is 1. The number of rotatable bonds is 3. The Kier molecular flexibility index (Phi) is 6.43. The van der Waals surface area contributed by atoms with Gasteiger partial charge in [0.15, 0.2) is 0 Å². The van der Waals surface area contributed by atoms with Crippen LogP contribution in [0.5, 0.6) is 0 Å². The van der Waals surface area contributed by atoms with Gasteiger partial charge in [0, 0.05) is 65.3 Å². The number of carbonyl (C=O) groups excluding carboxylic acids is 2. The van der Waals surface area contributed by atoms with Crippen molar-refractivity contribution in [2.45, 2.75) is 32.7 Å². The maximum Gasteiger partial charge on any atom is 0.300 e. The van der Waals surface area contributed by atoms with Crippen molar-refractivity contribution in [1.82, 2.24) is 14.5 Å². The Morgan fingerprint density at radius 1 is 1.03 bits per heavy atom. The number of carboxylic acid groups (broad SMARTS) is 1. The predicted molar refractivity (Wildman–Crippen MR) is 144 cm³/mol. The summed E-state index contributed by atoms with van der Waals surface area (Å²) in [5.74, 6) is -1.13. The van der Waals surface area contributed by atoms with Crippen LogP contribution in [0.3, 0.4) is 0 Å². The molecule has 2 aromatic heterocycles. The molecule has 0 saturated carbocycles. The molecule has 0 fully saturated rings. The number of nitrogens with two attached hydrogens (primary N) is 1. The fraction of sp³-hybridized carbons (Fsp3) is 0.276. The molecule has 6 rings (SSSR count). The topological polar surface area (TPSA) is 119 Å². The van der Waals surface area contributed by atoms with Crippen LogP contribution in [0.1, 0.15) is 36.6 Å². The van der Waals surface area contributed by atoms with E-state index in [1.807, 2.05) is 54.2 Å². The fourth-order valence-electron chi connectivity index (χ4n) is 5.71. The van der Waals surface area contributed by atoms with Crippen LogP contribution in [0.15, 0.2) is 54.7 Å². The van der Waals surface area contributed by atoms with E-state index in [1.165, 1.54) is 0 Å². The largest absolute Gasteiger partial charge is 0.481 e. The molecule has 0 aliphatic carbocycles. The number of hydrogen-bond donors (Lipinski definition) is 3. The number of aryl methyl sites for hydroxylation is 2. The Balaban J connectivity index is 0.000000655. The van der Waals surface area contributed by atoms with E-state index in [0.29, 0.717) is 23.6 Å². The summed E-state index contributed by atoms with van der Waals surface area (Å²) in [6.45, 7) is 2.58. The molecule has 1 unspecified atom stereocenters. The monoisotopic (exact) mass is 498 g/mol. The van der Waals surface area contributed by atoms with Gasteiger partial charge in [-0.3, -0.25) is 19.7 Å². The summed E-state index contributed by atoms with van der Waals surface area (Å²) in [4.78, 5) is 35.6. The van der Waals surface area contributed by atoms with Crippen LogP contribution in [0.4, 0.5) is 0 Å². The molecule has 2 aliphatic heterocycles. The standard InChI is InChI=1S/C27H26N4O2.C2H4O2/c1-30-15-19(17-8-2-4-10-20(17)30)24-25(27(33)29-26(24)32)23-18-9-3-5-11-21(18)31-12-6-7-16(14-28)13-22(23)31;1-2(3)4/h2-5,8-11,15-16H,6-7,12-14,28H2,1H3,(H,29,32,33);1H3,(H,3,4). The Morgan fingerprint density at radius 3 is 2.35 bits per heavy atom. The van der Waals surface area contributed by atoms with Crippen LogP contribution in [0.25, 0.3) is 33.0 Å². The quantitative estimate of drug-likeness (QED) is 0.372. The van der Waals surface area contributed by atoms with Gasteiger partial charge in [-0.1, -0.05) is 36.4 Å². The van der Waals surface area contributed by atoms with Gasteiger partial charge in [0.25, 0.3) is 17.8 Å². The zero-order chi connectivity index (χ0) is 26.3. The Bertz CT molecular complexity index is 1590. The van der Waals surface area contributed by atoms with E-state index in [2.05, 4.69) is 22.0 Å². The van der Waals surface area contributed by atoms with Gasteiger partial charge < -0.3 is 20.0 Å². The third-order valence-corrected chi connectivity index (χ3v) is 7.24. The van der Waals surface area contributed by atoms with E-state index < -0.39 is 5.97 Å². The minimum Gasteiger partial charge on any atom is -0.481 e. The van der Waals surface area contributed by atoms with Crippen LogP contribution in [-0.2, 0) is 34.4 Å². The second-order valence-electron chi connectivity index (χ2n) is 9.66. The molecule has 0 saturated heterocycles. The van der Waals surface area contributed by atoms with Gasteiger partial charge in [0.1, 0.15) is 0 Å². The van der Waals surface area contributed by atoms with Crippen molar-refractivity contribution >= 4 is 50.7 Å². The van der Waals surface area contributed by atoms with E-state index >= 15 is 0 Å². The van der Waals surface area contributed by atoms with E-state index in [4.69, 9.17) is 15.6 Å². The lowest BCUT2D eigenvalue weighted by molar-refractivity contribution is -0.134. The maximum atomic E-state index is 13.3. The number of aromatic nitrogens is 2. The van der Waals surface area contributed by atoms with Crippen molar-refractivity contribution in [2.75, 3.05) is 6.54 Å². The number of aliphatic carboxylic acids is 1. The van der Waals surface area contributed by atoms with Gasteiger partial charge in [0.05, 0.1) is 11.1 Å². The molecule has 37 heavy (non-hydrogen) atoms. The number of hydrogen-bond acceptors (Lipinski definition) is 4. The lowest BCUT2D eigenvalue weighted by Gasteiger charge is -2.13. The molecule has 4 N–H and O–H groups in total. The van der Waals surface area contributed by atoms with Crippen LogP contribution in [-0.4, -0.2) is 38.6 Å². The molecule has 190 valence electrons. The Labute approximate surface area is 214 Å².